The van der Waals surface area contributed by atoms with Gasteiger partial charge in [-0.2, -0.15) is 0 Å². The molecular weight excluding hydrogens is 226 g/mol. The maximum absolute atomic E-state index is 12.1. The van der Waals surface area contributed by atoms with E-state index in [0.29, 0.717) is 0 Å². The predicted octanol–water partition coefficient (Wildman–Crippen LogP) is 1.22. The van der Waals surface area contributed by atoms with Gasteiger partial charge in [-0.05, 0) is 52.4 Å². The van der Waals surface area contributed by atoms with E-state index in [9.17, 15) is 4.79 Å². The van der Waals surface area contributed by atoms with Crippen molar-refractivity contribution in [2.75, 3.05) is 39.3 Å². The zero-order valence-electron chi connectivity index (χ0n) is 12.2. The highest BCUT2D eigenvalue weighted by molar-refractivity contribution is 5.82. The summed E-state index contributed by atoms with van der Waals surface area (Å²) in [6.45, 7) is 12.3. The molecule has 4 heteroatoms. The highest BCUT2D eigenvalue weighted by Crippen LogP contribution is 2.25. The zero-order valence-corrected chi connectivity index (χ0v) is 12.2. The Morgan fingerprint density at radius 2 is 2.11 bits per heavy atom. The minimum atomic E-state index is -0.201. The Morgan fingerprint density at radius 1 is 1.39 bits per heavy atom. The number of hydrogen-bond donors (Lipinski definition) is 2. The molecule has 1 unspecified atom stereocenters. The van der Waals surface area contributed by atoms with E-state index in [-0.39, 0.29) is 11.3 Å². The van der Waals surface area contributed by atoms with Crippen LogP contribution in [0.1, 0.15) is 40.0 Å². The Hall–Kier alpha value is -0.610. The molecule has 0 aromatic carbocycles. The fraction of sp³-hybridized carbons (Fsp3) is 0.929. The monoisotopic (exact) mass is 255 g/mol. The highest BCUT2D eigenvalue weighted by atomic mass is 16.2. The van der Waals surface area contributed by atoms with Crippen molar-refractivity contribution < 1.29 is 4.79 Å². The minimum Gasteiger partial charge on any atom is -0.356 e. The molecule has 2 N–H and O–H groups in total. The van der Waals surface area contributed by atoms with Crippen LogP contribution in [0.4, 0.5) is 0 Å². The Kier molecular flexibility index (Phi) is 6.65. The van der Waals surface area contributed by atoms with Crippen LogP contribution in [0.5, 0.6) is 0 Å². The summed E-state index contributed by atoms with van der Waals surface area (Å²) in [5, 5.41) is 6.40. The normalized spacial score (nSPS) is 24.2. The smallest absolute Gasteiger partial charge is 0.227 e. The SMILES string of the molecule is CCN(CC)CCCNC(=O)C1(C)CCCNC1. The summed E-state index contributed by atoms with van der Waals surface area (Å²) in [5.41, 5.74) is -0.201. The van der Waals surface area contributed by atoms with Crippen LogP contribution in [0, 0.1) is 5.41 Å². The average Bonchev–Trinajstić information content (AvgIpc) is 2.39. The average molecular weight is 255 g/mol. The van der Waals surface area contributed by atoms with Gasteiger partial charge in [-0.25, -0.2) is 0 Å². The Morgan fingerprint density at radius 3 is 2.67 bits per heavy atom. The van der Waals surface area contributed by atoms with Crippen molar-refractivity contribution in [2.24, 2.45) is 5.41 Å². The summed E-state index contributed by atoms with van der Waals surface area (Å²) in [6, 6.07) is 0. The van der Waals surface area contributed by atoms with Gasteiger partial charge in [-0.15, -0.1) is 0 Å². The number of carbonyl (C=O) groups is 1. The summed E-state index contributed by atoms with van der Waals surface area (Å²) >= 11 is 0. The summed E-state index contributed by atoms with van der Waals surface area (Å²) in [6.07, 6.45) is 3.14. The first-order valence-corrected chi connectivity index (χ1v) is 7.33. The number of piperidine rings is 1. The van der Waals surface area contributed by atoms with Crippen LogP contribution in [0.2, 0.25) is 0 Å². The Bertz CT molecular complexity index is 245. The molecule has 1 atom stereocenters. The fourth-order valence-corrected chi connectivity index (χ4v) is 2.51. The van der Waals surface area contributed by atoms with Crippen LogP contribution in [-0.2, 0) is 4.79 Å². The maximum Gasteiger partial charge on any atom is 0.227 e. The van der Waals surface area contributed by atoms with Gasteiger partial charge in [0.25, 0.3) is 0 Å². The number of nitrogens with one attached hydrogen (secondary N) is 2. The molecule has 1 aliphatic heterocycles. The van der Waals surface area contributed by atoms with Crippen molar-refractivity contribution in [2.45, 2.75) is 40.0 Å². The van der Waals surface area contributed by atoms with Crippen LogP contribution in [-0.4, -0.2) is 50.1 Å². The quantitative estimate of drug-likeness (QED) is 0.672. The van der Waals surface area contributed by atoms with E-state index in [4.69, 9.17) is 0 Å². The molecule has 18 heavy (non-hydrogen) atoms. The molecule has 0 bridgehead atoms. The fourth-order valence-electron chi connectivity index (χ4n) is 2.51. The Labute approximate surface area is 111 Å². The van der Waals surface area contributed by atoms with Gasteiger partial charge < -0.3 is 15.5 Å². The number of carbonyl (C=O) groups excluding carboxylic acids is 1. The molecule has 1 heterocycles. The summed E-state index contributed by atoms with van der Waals surface area (Å²) in [5.74, 6) is 0.217. The van der Waals surface area contributed by atoms with E-state index in [1.807, 2.05) is 0 Å². The number of nitrogens with zero attached hydrogens (tertiary/aromatic N) is 1. The predicted molar refractivity (Wildman–Crippen MR) is 75.6 cm³/mol. The molecule has 0 aromatic rings. The maximum atomic E-state index is 12.1. The van der Waals surface area contributed by atoms with Crippen LogP contribution in [0.3, 0.4) is 0 Å². The number of rotatable bonds is 7. The lowest BCUT2D eigenvalue weighted by molar-refractivity contribution is -0.131. The molecule has 0 radical (unpaired) electrons. The van der Waals surface area contributed by atoms with Crippen molar-refractivity contribution in [3.63, 3.8) is 0 Å². The van der Waals surface area contributed by atoms with Crippen LogP contribution < -0.4 is 10.6 Å². The zero-order chi connectivity index (χ0) is 13.4. The van der Waals surface area contributed by atoms with Gasteiger partial charge in [-0.1, -0.05) is 13.8 Å². The molecule has 1 amide bonds. The second-order valence-electron chi connectivity index (χ2n) is 5.48. The van der Waals surface area contributed by atoms with Crippen LogP contribution in [0.25, 0.3) is 0 Å². The molecule has 106 valence electrons. The van der Waals surface area contributed by atoms with Crippen molar-refractivity contribution in [3.05, 3.63) is 0 Å². The second kappa shape index (κ2) is 7.74. The highest BCUT2D eigenvalue weighted by Gasteiger charge is 2.34. The van der Waals surface area contributed by atoms with Crippen molar-refractivity contribution >= 4 is 5.91 Å². The van der Waals surface area contributed by atoms with Gasteiger partial charge in [-0.3, -0.25) is 4.79 Å². The number of amides is 1. The van der Waals surface area contributed by atoms with Gasteiger partial charge >= 0.3 is 0 Å². The lowest BCUT2D eigenvalue weighted by Crippen LogP contribution is -2.49. The molecule has 1 fully saturated rings. The third-order valence-corrected chi connectivity index (χ3v) is 3.98. The molecule has 1 saturated heterocycles. The van der Waals surface area contributed by atoms with E-state index in [1.54, 1.807) is 0 Å². The third-order valence-electron chi connectivity index (χ3n) is 3.98. The topological polar surface area (TPSA) is 44.4 Å². The lowest BCUT2D eigenvalue weighted by atomic mass is 9.82. The first-order valence-electron chi connectivity index (χ1n) is 7.33. The van der Waals surface area contributed by atoms with E-state index in [1.165, 1.54) is 0 Å². The molecular formula is C14H29N3O. The summed E-state index contributed by atoms with van der Waals surface area (Å²) in [7, 11) is 0. The van der Waals surface area contributed by atoms with E-state index >= 15 is 0 Å². The lowest BCUT2D eigenvalue weighted by Gasteiger charge is -2.32. The van der Waals surface area contributed by atoms with Crippen LogP contribution >= 0.6 is 0 Å². The first kappa shape index (κ1) is 15.4. The second-order valence-corrected chi connectivity index (χ2v) is 5.48. The van der Waals surface area contributed by atoms with Gasteiger partial charge in [0.15, 0.2) is 0 Å². The van der Waals surface area contributed by atoms with Crippen LogP contribution in [0.15, 0.2) is 0 Å². The molecule has 0 saturated carbocycles. The molecule has 1 rings (SSSR count). The van der Waals surface area contributed by atoms with Crippen molar-refractivity contribution in [1.82, 2.24) is 15.5 Å². The summed E-state index contributed by atoms with van der Waals surface area (Å²) < 4.78 is 0. The van der Waals surface area contributed by atoms with E-state index < -0.39 is 0 Å². The van der Waals surface area contributed by atoms with E-state index in [2.05, 4.69) is 36.3 Å². The molecule has 0 aliphatic carbocycles. The van der Waals surface area contributed by atoms with Crippen molar-refractivity contribution in [1.29, 1.82) is 0 Å². The molecule has 0 spiro atoms. The minimum absolute atomic E-state index is 0.201. The standard InChI is InChI=1S/C14H29N3O/c1-4-17(5-2)11-7-10-16-13(18)14(3)8-6-9-15-12-14/h15H,4-12H2,1-3H3,(H,16,18). The van der Waals surface area contributed by atoms with Gasteiger partial charge in [0, 0.05) is 13.1 Å². The van der Waals surface area contributed by atoms with E-state index in [0.717, 1.165) is 58.5 Å². The van der Waals surface area contributed by atoms with Gasteiger partial charge in [0.2, 0.25) is 5.91 Å². The first-order chi connectivity index (χ1) is 8.62. The molecule has 1 aliphatic rings. The molecule has 4 nitrogen and oxygen atoms in total. The molecule has 0 aromatic heterocycles. The van der Waals surface area contributed by atoms with Gasteiger partial charge in [0.1, 0.15) is 0 Å². The third kappa shape index (κ3) is 4.58. The summed E-state index contributed by atoms with van der Waals surface area (Å²) in [4.78, 5) is 14.5. The number of hydrogen-bond acceptors (Lipinski definition) is 3. The van der Waals surface area contributed by atoms with Crippen molar-refractivity contribution in [3.8, 4) is 0 Å². The Balaban J connectivity index is 2.20. The van der Waals surface area contributed by atoms with Gasteiger partial charge in [0.05, 0.1) is 5.41 Å². The largest absolute Gasteiger partial charge is 0.356 e.